The van der Waals surface area contributed by atoms with Crippen LogP contribution in [0.5, 0.6) is 0 Å². The van der Waals surface area contributed by atoms with Crippen LogP contribution in [0.15, 0.2) is 23.1 Å². The maximum Gasteiger partial charge on any atom is 0.334 e. The maximum atomic E-state index is 11.6. The second-order valence-corrected chi connectivity index (χ2v) is 3.86. The first-order valence-corrected chi connectivity index (χ1v) is 5.34. The zero-order chi connectivity index (χ0) is 13.0. The summed E-state index contributed by atoms with van der Waals surface area (Å²) < 4.78 is 1.08. The SMILES string of the molecule is CCC(C)C(=O)Cn1cccc([N+](=O)[O-])c1=O. The van der Waals surface area contributed by atoms with Crippen molar-refractivity contribution in [2.45, 2.75) is 26.8 Å². The maximum absolute atomic E-state index is 11.6. The third-order valence-corrected chi connectivity index (χ3v) is 2.68. The van der Waals surface area contributed by atoms with Crippen molar-refractivity contribution in [3.63, 3.8) is 0 Å². The second-order valence-electron chi connectivity index (χ2n) is 3.86. The van der Waals surface area contributed by atoms with Gasteiger partial charge in [0, 0.05) is 18.2 Å². The lowest BCUT2D eigenvalue weighted by atomic mass is 10.0. The fourth-order valence-corrected chi connectivity index (χ4v) is 1.34. The van der Waals surface area contributed by atoms with Crippen LogP contribution in [0.25, 0.3) is 0 Å². The molecule has 1 aromatic rings. The van der Waals surface area contributed by atoms with Crippen molar-refractivity contribution < 1.29 is 9.72 Å². The first-order chi connectivity index (χ1) is 7.97. The Morgan fingerprint density at radius 1 is 1.59 bits per heavy atom. The number of aromatic nitrogens is 1. The Bertz CT molecular complexity index is 492. The van der Waals surface area contributed by atoms with Gasteiger partial charge in [-0.1, -0.05) is 13.8 Å². The highest BCUT2D eigenvalue weighted by Crippen LogP contribution is 2.05. The quantitative estimate of drug-likeness (QED) is 0.573. The van der Waals surface area contributed by atoms with Crippen molar-refractivity contribution in [2.24, 2.45) is 5.92 Å². The third-order valence-electron chi connectivity index (χ3n) is 2.68. The molecule has 1 aromatic heterocycles. The number of rotatable bonds is 5. The van der Waals surface area contributed by atoms with Gasteiger partial charge in [-0.3, -0.25) is 19.7 Å². The minimum Gasteiger partial charge on any atom is -0.302 e. The number of nitrogens with zero attached hydrogens (tertiary/aromatic N) is 2. The van der Waals surface area contributed by atoms with Gasteiger partial charge in [-0.25, -0.2) is 0 Å². The van der Waals surface area contributed by atoms with E-state index in [0.717, 1.165) is 10.6 Å². The molecule has 0 aliphatic rings. The van der Waals surface area contributed by atoms with Gasteiger partial charge in [-0.15, -0.1) is 0 Å². The molecule has 0 aliphatic carbocycles. The zero-order valence-electron chi connectivity index (χ0n) is 9.75. The van der Waals surface area contributed by atoms with Crippen LogP contribution in [0.3, 0.4) is 0 Å². The van der Waals surface area contributed by atoms with Gasteiger partial charge in [0.05, 0.1) is 11.5 Å². The van der Waals surface area contributed by atoms with E-state index in [1.54, 1.807) is 6.92 Å². The summed E-state index contributed by atoms with van der Waals surface area (Å²) in [5.74, 6) is -0.253. The summed E-state index contributed by atoms with van der Waals surface area (Å²) in [7, 11) is 0. The molecule has 0 saturated heterocycles. The first-order valence-electron chi connectivity index (χ1n) is 5.34. The fraction of sp³-hybridized carbons (Fsp3) is 0.455. The molecule has 6 nitrogen and oxygen atoms in total. The Hall–Kier alpha value is -1.98. The van der Waals surface area contributed by atoms with E-state index in [0.29, 0.717) is 6.42 Å². The van der Waals surface area contributed by atoms with E-state index in [1.165, 1.54) is 12.3 Å². The number of carbonyl (C=O) groups is 1. The van der Waals surface area contributed by atoms with Crippen molar-refractivity contribution >= 4 is 11.5 Å². The largest absolute Gasteiger partial charge is 0.334 e. The number of nitro groups is 1. The molecule has 1 unspecified atom stereocenters. The van der Waals surface area contributed by atoms with Crippen LogP contribution in [-0.4, -0.2) is 15.3 Å². The van der Waals surface area contributed by atoms with Crippen LogP contribution in [0, 0.1) is 16.0 Å². The van der Waals surface area contributed by atoms with Gasteiger partial charge in [-0.2, -0.15) is 0 Å². The second kappa shape index (κ2) is 5.38. The molecule has 0 radical (unpaired) electrons. The lowest BCUT2D eigenvalue weighted by Crippen LogP contribution is -2.27. The molecule has 0 saturated carbocycles. The highest BCUT2D eigenvalue weighted by molar-refractivity contribution is 5.80. The minimum atomic E-state index is -0.743. The average molecular weight is 238 g/mol. The van der Waals surface area contributed by atoms with E-state index < -0.39 is 16.2 Å². The lowest BCUT2D eigenvalue weighted by molar-refractivity contribution is -0.386. The topological polar surface area (TPSA) is 82.2 Å². The van der Waals surface area contributed by atoms with E-state index in [4.69, 9.17) is 0 Å². The van der Waals surface area contributed by atoms with Gasteiger partial charge >= 0.3 is 11.2 Å². The Kier molecular flexibility index (Phi) is 4.14. The van der Waals surface area contributed by atoms with E-state index in [1.807, 2.05) is 6.92 Å². The molecule has 0 aromatic carbocycles. The number of hydrogen-bond acceptors (Lipinski definition) is 4. The number of pyridine rings is 1. The summed E-state index contributed by atoms with van der Waals surface area (Å²) >= 11 is 0. The Balaban J connectivity index is 3.01. The Morgan fingerprint density at radius 2 is 2.24 bits per heavy atom. The van der Waals surface area contributed by atoms with E-state index in [-0.39, 0.29) is 18.2 Å². The molecule has 1 atom stereocenters. The van der Waals surface area contributed by atoms with Gasteiger partial charge in [0.15, 0.2) is 5.78 Å². The monoisotopic (exact) mass is 238 g/mol. The summed E-state index contributed by atoms with van der Waals surface area (Å²) in [6.45, 7) is 3.53. The smallest absolute Gasteiger partial charge is 0.302 e. The van der Waals surface area contributed by atoms with Crippen LogP contribution < -0.4 is 5.56 Å². The highest BCUT2D eigenvalue weighted by Gasteiger charge is 2.17. The minimum absolute atomic E-state index is 0.102. The van der Waals surface area contributed by atoms with Crippen molar-refractivity contribution in [3.8, 4) is 0 Å². The van der Waals surface area contributed by atoms with Crippen LogP contribution in [0.1, 0.15) is 20.3 Å². The predicted octanol–water partition coefficient (Wildman–Crippen LogP) is 1.37. The predicted molar refractivity (Wildman–Crippen MR) is 61.8 cm³/mol. The molecule has 92 valence electrons. The summed E-state index contributed by atoms with van der Waals surface area (Å²) in [6, 6.07) is 2.52. The molecule has 6 heteroatoms. The normalized spacial score (nSPS) is 12.1. The van der Waals surface area contributed by atoms with Gasteiger partial charge < -0.3 is 4.57 Å². The molecule has 1 heterocycles. The van der Waals surface area contributed by atoms with E-state index in [2.05, 4.69) is 0 Å². The van der Waals surface area contributed by atoms with Crippen molar-refractivity contribution in [1.29, 1.82) is 0 Å². The molecule has 17 heavy (non-hydrogen) atoms. The zero-order valence-corrected chi connectivity index (χ0v) is 9.75. The molecule has 1 rings (SSSR count). The van der Waals surface area contributed by atoms with Crippen LogP contribution >= 0.6 is 0 Å². The third kappa shape index (κ3) is 2.99. The molecule has 0 fully saturated rings. The highest BCUT2D eigenvalue weighted by atomic mass is 16.6. The van der Waals surface area contributed by atoms with Crippen molar-refractivity contribution in [1.82, 2.24) is 4.57 Å². The summed E-state index contributed by atoms with van der Waals surface area (Å²) in [6.07, 6.45) is 2.07. The molecule has 0 amide bonds. The van der Waals surface area contributed by atoms with Gasteiger partial charge in [0.25, 0.3) is 0 Å². The van der Waals surface area contributed by atoms with Gasteiger partial charge in [0.1, 0.15) is 0 Å². The number of ketones is 1. The van der Waals surface area contributed by atoms with Gasteiger partial charge in [0.2, 0.25) is 0 Å². The van der Waals surface area contributed by atoms with Gasteiger partial charge in [-0.05, 0) is 12.5 Å². The molecular weight excluding hydrogens is 224 g/mol. The number of hydrogen-bond donors (Lipinski definition) is 0. The molecule has 0 N–H and O–H groups in total. The lowest BCUT2D eigenvalue weighted by Gasteiger charge is -2.08. The fourth-order valence-electron chi connectivity index (χ4n) is 1.34. The Labute approximate surface area is 98.0 Å². The standard InChI is InChI=1S/C11H14N2O4/c1-3-8(2)10(14)7-12-6-4-5-9(11(12)15)13(16)17/h4-6,8H,3,7H2,1-2H3. The van der Waals surface area contributed by atoms with Crippen LogP contribution in [-0.2, 0) is 11.3 Å². The number of carbonyl (C=O) groups excluding carboxylic acids is 1. The summed E-state index contributed by atoms with van der Waals surface area (Å²) in [5.41, 5.74) is -1.25. The van der Waals surface area contributed by atoms with E-state index >= 15 is 0 Å². The van der Waals surface area contributed by atoms with Crippen LogP contribution in [0.2, 0.25) is 0 Å². The van der Waals surface area contributed by atoms with E-state index in [9.17, 15) is 19.7 Å². The van der Waals surface area contributed by atoms with Crippen molar-refractivity contribution in [3.05, 3.63) is 38.8 Å². The first kappa shape index (κ1) is 13.1. The Morgan fingerprint density at radius 3 is 2.76 bits per heavy atom. The molecule has 0 bridgehead atoms. The van der Waals surface area contributed by atoms with Crippen LogP contribution in [0.4, 0.5) is 5.69 Å². The molecular formula is C11H14N2O4. The average Bonchev–Trinajstić information content (AvgIpc) is 2.30. The van der Waals surface area contributed by atoms with Crippen molar-refractivity contribution in [2.75, 3.05) is 0 Å². The molecule has 0 spiro atoms. The molecule has 0 aliphatic heterocycles. The number of Topliss-reactive ketones (excluding diaryl/α,β-unsaturated/α-hetero) is 1. The summed E-state index contributed by atoms with van der Waals surface area (Å²) in [4.78, 5) is 33.1. The summed E-state index contributed by atoms with van der Waals surface area (Å²) in [5, 5.41) is 10.6.